The molecule has 0 fully saturated rings. The maximum absolute atomic E-state index is 13.2. The Balaban J connectivity index is 1.41. The number of hydrogen-bond acceptors (Lipinski definition) is 4. The highest BCUT2D eigenvalue weighted by Gasteiger charge is 2.37. The van der Waals surface area contributed by atoms with Crippen molar-refractivity contribution in [2.24, 2.45) is 11.3 Å². The van der Waals surface area contributed by atoms with Gasteiger partial charge in [-0.3, -0.25) is 4.79 Å². The van der Waals surface area contributed by atoms with Crippen LogP contribution < -0.4 is 10.6 Å². The van der Waals surface area contributed by atoms with E-state index in [1.807, 2.05) is 12.1 Å². The zero-order valence-corrected chi connectivity index (χ0v) is 18.2. The molecule has 1 amide bonds. The van der Waals surface area contributed by atoms with Crippen molar-refractivity contribution in [3.05, 3.63) is 64.0 Å². The van der Waals surface area contributed by atoms with Gasteiger partial charge >= 0.3 is 0 Å². The first-order valence-electron chi connectivity index (χ1n) is 10.4. The van der Waals surface area contributed by atoms with Crippen LogP contribution in [0, 0.1) is 17.2 Å². The summed E-state index contributed by atoms with van der Waals surface area (Å²) in [5.41, 5.74) is 3.09. The molecule has 1 aliphatic carbocycles. The largest absolute Gasteiger partial charge is 0.457 e. The number of nitrogens with one attached hydrogen (secondary N) is 2. The molecule has 3 heterocycles. The highest BCUT2D eigenvalue weighted by molar-refractivity contribution is 7.16. The number of carbonyl (C=O) groups is 1. The number of anilines is 1. The fraction of sp³-hybridized carbons (Fsp3) is 0.375. The summed E-state index contributed by atoms with van der Waals surface area (Å²) in [5.74, 6) is 1.58. The molecule has 1 aliphatic heterocycles. The Kier molecular flexibility index (Phi) is 4.51. The first-order valence-corrected chi connectivity index (χ1v) is 11.2. The number of halogens is 1. The molecule has 156 valence electrons. The summed E-state index contributed by atoms with van der Waals surface area (Å²) < 4.78 is 19.2. The van der Waals surface area contributed by atoms with E-state index < -0.39 is 6.17 Å². The molecular formula is C24H25FN2O2S. The molecular weight excluding hydrogens is 399 g/mol. The first kappa shape index (κ1) is 19.4. The van der Waals surface area contributed by atoms with Crippen molar-refractivity contribution in [3.8, 4) is 11.3 Å². The first-order chi connectivity index (χ1) is 14.3. The summed E-state index contributed by atoms with van der Waals surface area (Å²) in [6, 6.07) is 9.88. The van der Waals surface area contributed by atoms with Crippen LogP contribution in [0.15, 0.2) is 40.8 Å². The highest BCUT2D eigenvalue weighted by Crippen LogP contribution is 2.46. The maximum Gasteiger partial charge on any atom is 0.256 e. The van der Waals surface area contributed by atoms with Gasteiger partial charge in [0.2, 0.25) is 0 Å². The molecule has 30 heavy (non-hydrogen) atoms. The topological polar surface area (TPSA) is 54.3 Å². The predicted molar refractivity (Wildman–Crippen MR) is 117 cm³/mol. The smallest absolute Gasteiger partial charge is 0.256 e. The minimum atomic E-state index is -0.419. The van der Waals surface area contributed by atoms with Gasteiger partial charge in [0.05, 0.1) is 5.56 Å². The monoisotopic (exact) mass is 424 g/mol. The molecule has 5 rings (SSSR count). The van der Waals surface area contributed by atoms with E-state index in [0.717, 1.165) is 35.4 Å². The number of fused-ring (bicyclic) bond motifs is 3. The second kappa shape index (κ2) is 6.98. The summed E-state index contributed by atoms with van der Waals surface area (Å²) in [6.07, 6.45) is 2.69. The minimum Gasteiger partial charge on any atom is -0.457 e. The average molecular weight is 425 g/mol. The fourth-order valence-electron chi connectivity index (χ4n) is 4.46. The van der Waals surface area contributed by atoms with E-state index in [1.54, 1.807) is 23.5 Å². The van der Waals surface area contributed by atoms with Gasteiger partial charge in [0, 0.05) is 10.4 Å². The van der Waals surface area contributed by atoms with E-state index >= 15 is 0 Å². The molecule has 2 aromatic heterocycles. The molecule has 1 aromatic carbocycles. The van der Waals surface area contributed by atoms with Crippen LogP contribution in [-0.4, -0.2) is 5.91 Å². The van der Waals surface area contributed by atoms with E-state index in [-0.39, 0.29) is 17.1 Å². The van der Waals surface area contributed by atoms with Gasteiger partial charge in [-0.15, -0.1) is 11.3 Å². The highest BCUT2D eigenvalue weighted by atomic mass is 32.1. The fourth-order valence-corrected chi connectivity index (χ4v) is 5.81. The van der Waals surface area contributed by atoms with Gasteiger partial charge < -0.3 is 15.1 Å². The number of furan rings is 1. The van der Waals surface area contributed by atoms with E-state index in [9.17, 15) is 9.18 Å². The van der Waals surface area contributed by atoms with Crippen LogP contribution in [0.4, 0.5) is 9.39 Å². The predicted octanol–water partition coefficient (Wildman–Crippen LogP) is 6.15. The maximum atomic E-state index is 13.2. The van der Waals surface area contributed by atoms with E-state index in [0.29, 0.717) is 17.4 Å². The minimum absolute atomic E-state index is 0.0415. The van der Waals surface area contributed by atoms with Crippen LogP contribution in [0.5, 0.6) is 0 Å². The average Bonchev–Trinajstić information content (AvgIpc) is 3.32. The molecule has 0 saturated heterocycles. The molecule has 0 spiro atoms. The standard InChI is InChI=1S/C24H25FN2O2S/c1-24(2,3)14-6-9-16-19(12-14)30-23-20(16)22(28)26-21(27-23)18-11-10-17(29-18)13-4-7-15(25)8-5-13/h4-5,7-8,10-11,14,21,27H,6,9,12H2,1-3H3,(H,26,28). The second-order valence-electron chi connectivity index (χ2n) is 9.27. The lowest BCUT2D eigenvalue weighted by molar-refractivity contribution is 0.0930. The number of benzene rings is 1. The third-order valence-corrected chi connectivity index (χ3v) is 7.49. The number of carbonyl (C=O) groups excluding carboxylic acids is 1. The molecule has 2 N–H and O–H groups in total. The van der Waals surface area contributed by atoms with E-state index in [4.69, 9.17) is 4.42 Å². The van der Waals surface area contributed by atoms with Gasteiger partial charge in [0.1, 0.15) is 22.3 Å². The van der Waals surface area contributed by atoms with Gasteiger partial charge in [0.25, 0.3) is 5.91 Å². The molecule has 4 nitrogen and oxygen atoms in total. The summed E-state index contributed by atoms with van der Waals surface area (Å²) >= 11 is 1.71. The quantitative estimate of drug-likeness (QED) is 0.519. The summed E-state index contributed by atoms with van der Waals surface area (Å²) in [5, 5.41) is 7.44. The molecule has 0 radical (unpaired) electrons. The summed E-state index contributed by atoms with van der Waals surface area (Å²) in [7, 11) is 0. The number of rotatable bonds is 2. The molecule has 3 aromatic rings. The Hall–Kier alpha value is -2.60. The SMILES string of the molecule is CC(C)(C)C1CCc2c(sc3c2C(=O)NC(c2ccc(-c4ccc(F)cc4)o2)N3)C1. The molecule has 0 saturated carbocycles. The van der Waals surface area contributed by atoms with Gasteiger partial charge in [-0.1, -0.05) is 20.8 Å². The van der Waals surface area contributed by atoms with Crippen molar-refractivity contribution in [2.75, 3.05) is 5.32 Å². The van der Waals surface area contributed by atoms with Gasteiger partial charge in [-0.25, -0.2) is 4.39 Å². The summed E-state index contributed by atoms with van der Waals surface area (Å²) in [4.78, 5) is 14.3. The van der Waals surface area contributed by atoms with Crippen LogP contribution in [-0.2, 0) is 12.8 Å². The van der Waals surface area contributed by atoms with Crippen LogP contribution in [0.2, 0.25) is 0 Å². The molecule has 2 aliphatic rings. The van der Waals surface area contributed by atoms with E-state index in [1.165, 1.54) is 22.6 Å². The van der Waals surface area contributed by atoms with E-state index in [2.05, 4.69) is 31.4 Å². The number of thiophene rings is 1. The Morgan fingerprint density at radius 3 is 2.60 bits per heavy atom. The van der Waals surface area contributed by atoms with Crippen LogP contribution in [0.3, 0.4) is 0 Å². The van der Waals surface area contributed by atoms with Crippen molar-refractivity contribution >= 4 is 22.2 Å². The number of hydrogen-bond donors (Lipinski definition) is 2. The Bertz CT molecular complexity index is 1110. The zero-order valence-electron chi connectivity index (χ0n) is 17.3. The van der Waals surface area contributed by atoms with Gasteiger partial charge in [-0.05, 0) is 72.6 Å². The van der Waals surface area contributed by atoms with Gasteiger partial charge in [0.15, 0.2) is 6.17 Å². The lowest BCUT2D eigenvalue weighted by Gasteiger charge is -2.34. The van der Waals surface area contributed by atoms with Crippen molar-refractivity contribution < 1.29 is 13.6 Å². The second-order valence-corrected chi connectivity index (χ2v) is 10.4. The lowest BCUT2D eigenvalue weighted by atomic mass is 9.72. The van der Waals surface area contributed by atoms with Crippen molar-refractivity contribution in [3.63, 3.8) is 0 Å². The third-order valence-electron chi connectivity index (χ3n) is 6.31. The van der Waals surface area contributed by atoms with Crippen molar-refractivity contribution in [1.29, 1.82) is 0 Å². The normalized spacial score (nSPS) is 20.9. The Morgan fingerprint density at radius 1 is 1.10 bits per heavy atom. The lowest BCUT2D eigenvalue weighted by Crippen LogP contribution is -2.38. The van der Waals surface area contributed by atoms with Crippen LogP contribution in [0.25, 0.3) is 11.3 Å². The Morgan fingerprint density at radius 2 is 1.87 bits per heavy atom. The van der Waals surface area contributed by atoms with Gasteiger partial charge in [-0.2, -0.15) is 0 Å². The molecule has 2 atom stereocenters. The Labute approximate surface area is 179 Å². The van der Waals surface area contributed by atoms with Crippen molar-refractivity contribution in [2.45, 2.75) is 46.2 Å². The molecule has 6 heteroatoms. The van der Waals surface area contributed by atoms with Crippen LogP contribution in [0.1, 0.15) is 59.9 Å². The third kappa shape index (κ3) is 3.33. The van der Waals surface area contributed by atoms with Crippen molar-refractivity contribution in [1.82, 2.24) is 5.32 Å². The zero-order chi connectivity index (χ0) is 21.0. The molecule has 0 bridgehead atoms. The summed E-state index contributed by atoms with van der Waals surface area (Å²) in [6.45, 7) is 6.90. The molecule has 2 unspecified atom stereocenters. The van der Waals surface area contributed by atoms with Crippen LogP contribution >= 0.6 is 11.3 Å². The number of amides is 1.